The lowest BCUT2D eigenvalue weighted by molar-refractivity contribution is -0.115. The molecule has 5 rings (SSSR count). The third-order valence-electron chi connectivity index (χ3n) is 4.86. The van der Waals surface area contributed by atoms with Crippen LogP contribution in [0.25, 0.3) is 26.8 Å². The number of nitrogens with one attached hydrogen (secondary N) is 1. The molecule has 3 aromatic carbocycles. The average Bonchev–Trinajstić information content (AvgIpc) is 3.22. The Balaban J connectivity index is 1.35. The fourth-order valence-electron chi connectivity index (χ4n) is 3.36. The fraction of sp³-hybridized carbons (Fsp3) is 0.0833. The summed E-state index contributed by atoms with van der Waals surface area (Å²) in [6.07, 6.45) is 0.276. The third kappa shape index (κ3) is 4.15. The minimum absolute atomic E-state index is 0.119. The Labute approximate surface area is 192 Å². The first-order chi connectivity index (χ1) is 15.7. The minimum atomic E-state index is -0.122. The zero-order valence-corrected chi connectivity index (χ0v) is 18.5. The largest absolute Gasteiger partial charge is 0.302 e. The quantitative estimate of drug-likeness (QED) is 0.282. The SMILES string of the molecule is O=C(CCSc1nc2ccccc2c(=O)n1-c1ccccc1)Nc1nc2ccccc2s1. The van der Waals surface area contributed by atoms with Gasteiger partial charge in [-0.3, -0.25) is 14.2 Å². The molecule has 0 saturated heterocycles. The minimum Gasteiger partial charge on any atom is -0.302 e. The predicted molar refractivity (Wildman–Crippen MR) is 131 cm³/mol. The lowest BCUT2D eigenvalue weighted by Gasteiger charge is -2.13. The van der Waals surface area contributed by atoms with Gasteiger partial charge in [0.05, 0.1) is 26.8 Å². The van der Waals surface area contributed by atoms with Crippen LogP contribution < -0.4 is 10.9 Å². The Morgan fingerprint density at radius 3 is 2.44 bits per heavy atom. The van der Waals surface area contributed by atoms with E-state index in [1.165, 1.54) is 23.1 Å². The van der Waals surface area contributed by atoms with Gasteiger partial charge in [0.25, 0.3) is 5.56 Å². The van der Waals surface area contributed by atoms with Crippen LogP contribution in [0.2, 0.25) is 0 Å². The lowest BCUT2D eigenvalue weighted by Crippen LogP contribution is -2.22. The standard InChI is InChI=1S/C24H18N4O2S2/c29-21(27-23-25-19-12-6-7-13-20(19)32-23)14-15-31-24-26-18-11-5-4-10-17(18)22(30)28(24)16-8-2-1-3-9-16/h1-13H,14-15H2,(H,25,27,29). The van der Waals surface area contributed by atoms with Gasteiger partial charge in [0.1, 0.15) is 0 Å². The van der Waals surface area contributed by atoms with Gasteiger partial charge in [0.15, 0.2) is 10.3 Å². The number of hydrogen-bond donors (Lipinski definition) is 1. The Kier molecular flexibility index (Phi) is 5.70. The first-order valence-corrected chi connectivity index (χ1v) is 11.8. The summed E-state index contributed by atoms with van der Waals surface area (Å²) in [6.45, 7) is 0. The fourth-order valence-corrected chi connectivity index (χ4v) is 5.19. The molecule has 0 fully saturated rings. The number of thiazole rings is 1. The zero-order chi connectivity index (χ0) is 21.9. The van der Waals surface area contributed by atoms with Crippen molar-refractivity contribution in [1.29, 1.82) is 0 Å². The summed E-state index contributed by atoms with van der Waals surface area (Å²) in [5, 5.41) is 4.59. The topological polar surface area (TPSA) is 76.9 Å². The molecule has 5 aromatic rings. The van der Waals surface area contributed by atoms with Gasteiger partial charge in [-0.25, -0.2) is 9.97 Å². The van der Waals surface area contributed by atoms with E-state index in [9.17, 15) is 9.59 Å². The molecule has 0 saturated carbocycles. The maximum absolute atomic E-state index is 13.2. The number of aromatic nitrogens is 3. The molecule has 0 unspecified atom stereocenters. The van der Waals surface area contributed by atoms with Crippen LogP contribution in [0.4, 0.5) is 5.13 Å². The molecule has 0 radical (unpaired) electrons. The van der Waals surface area contributed by atoms with E-state index in [4.69, 9.17) is 4.98 Å². The van der Waals surface area contributed by atoms with E-state index in [1.54, 1.807) is 10.6 Å². The molecule has 1 amide bonds. The number of fused-ring (bicyclic) bond motifs is 2. The molecule has 8 heteroatoms. The van der Waals surface area contributed by atoms with Crippen LogP contribution in [-0.2, 0) is 4.79 Å². The van der Waals surface area contributed by atoms with E-state index in [1.807, 2.05) is 72.8 Å². The monoisotopic (exact) mass is 458 g/mol. The third-order valence-corrected chi connectivity index (χ3v) is 6.75. The van der Waals surface area contributed by atoms with Crippen LogP contribution in [0.1, 0.15) is 6.42 Å². The smallest absolute Gasteiger partial charge is 0.266 e. The number of rotatable bonds is 6. The van der Waals surface area contributed by atoms with Crippen molar-refractivity contribution >= 4 is 55.3 Å². The number of amides is 1. The highest BCUT2D eigenvalue weighted by atomic mass is 32.2. The van der Waals surface area contributed by atoms with Gasteiger partial charge < -0.3 is 5.32 Å². The van der Waals surface area contributed by atoms with Crippen molar-refractivity contribution in [3.05, 3.63) is 89.2 Å². The first kappa shape index (κ1) is 20.4. The van der Waals surface area contributed by atoms with Gasteiger partial charge in [-0.15, -0.1) is 0 Å². The van der Waals surface area contributed by atoms with Crippen molar-refractivity contribution in [1.82, 2.24) is 14.5 Å². The van der Waals surface area contributed by atoms with Crippen molar-refractivity contribution in [3.8, 4) is 5.69 Å². The second kappa shape index (κ2) is 8.94. The van der Waals surface area contributed by atoms with Crippen LogP contribution >= 0.6 is 23.1 Å². The van der Waals surface area contributed by atoms with E-state index in [0.29, 0.717) is 26.9 Å². The van der Waals surface area contributed by atoms with Crippen LogP contribution in [0.3, 0.4) is 0 Å². The van der Waals surface area contributed by atoms with E-state index >= 15 is 0 Å². The summed E-state index contributed by atoms with van der Waals surface area (Å²) < 4.78 is 2.64. The molecule has 0 spiro atoms. The maximum atomic E-state index is 13.2. The molecule has 0 aliphatic heterocycles. The summed E-state index contributed by atoms with van der Waals surface area (Å²) in [5.41, 5.74) is 2.14. The number of nitrogens with zero attached hydrogens (tertiary/aromatic N) is 3. The van der Waals surface area contributed by atoms with Crippen molar-refractivity contribution in [2.45, 2.75) is 11.6 Å². The maximum Gasteiger partial charge on any atom is 0.266 e. The molecule has 0 bridgehead atoms. The van der Waals surface area contributed by atoms with Gasteiger partial charge in [0, 0.05) is 12.2 Å². The van der Waals surface area contributed by atoms with Crippen molar-refractivity contribution < 1.29 is 4.79 Å². The molecule has 0 aliphatic rings. The van der Waals surface area contributed by atoms with Crippen LogP contribution in [0.5, 0.6) is 0 Å². The number of carbonyl (C=O) groups is 1. The van der Waals surface area contributed by atoms with Crippen molar-refractivity contribution in [2.75, 3.05) is 11.1 Å². The van der Waals surface area contributed by atoms with E-state index < -0.39 is 0 Å². The average molecular weight is 459 g/mol. The van der Waals surface area contributed by atoms with Gasteiger partial charge in [0.2, 0.25) is 5.91 Å². The highest BCUT2D eigenvalue weighted by Gasteiger charge is 2.14. The lowest BCUT2D eigenvalue weighted by atomic mass is 10.2. The Morgan fingerprint density at radius 2 is 1.62 bits per heavy atom. The molecule has 6 nitrogen and oxygen atoms in total. The number of hydrogen-bond acceptors (Lipinski definition) is 6. The number of carbonyl (C=O) groups excluding carboxylic acids is 1. The zero-order valence-electron chi connectivity index (χ0n) is 16.9. The predicted octanol–water partition coefficient (Wildman–Crippen LogP) is 5.12. The van der Waals surface area contributed by atoms with Crippen molar-refractivity contribution in [3.63, 3.8) is 0 Å². The summed E-state index contributed by atoms with van der Waals surface area (Å²) in [4.78, 5) is 34.8. The summed E-state index contributed by atoms with van der Waals surface area (Å²) in [5.74, 6) is 0.361. The van der Waals surface area contributed by atoms with E-state index in [2.05, 4.69) is 10.3 Å². The summed E-state index contributed by atoms with van der Waals surface area (Å²) in [7, 11) is 0. The Morgan fingerprint density at radius 1 is 0.906 bits per heavy atom. The summed E-state index contributed by atoms with van der Waals surface area (Å²) >= 11 is 2.84. The van der Waals surface area contributed by atoms with E-state index in [-0.39, 0.29) is 17.9 Å². The molecular weight excluding hydrogens is 440 g/mol. The number of anilines is 1. The van der Waals surface area contributed by atoms with Crippen LogP contribution in [-0.4, -0.2) is 26.2 Å². The molecule has 2 heterocycles. The van der Waals surface area contributed by atoms with Crippen LogP contribution in [0.15, 0.2) is 88.8 Å². The molecule has 0 atom stereocenters. The second-order valence-corrected chi connectivity index (χ2v) is 9.11. The second-order valence-electron chi connectivity index (χ2n) is 7.02. The van der Waals surface area contributed by atoms with Gasteiger partial charge in [-0.05, 0) is 36.4 Å². The Bertz CT molecular complexity index is 1450. The first-order valence-electron chi connectivity index (χ1n) is 10.0. The Hall–Kier alpha value is -3.49. The molecular formula is C24H18N4O2S2. The summed E-state index contributed by atoms with van der Waals surface area (Å²) in [6, 6.07) is 24.5. The molecule has 158 valence electrons. The normalized spacial score (nSPS) is 11.1. The number of benzene rings is 3. The molecule has 0 aliphatic carbocycles. The van der Waals surface area contributed by atoms with E-state index in [0.717, 1.165) is 15.9 Å². The van der Waals surface area contributed by atoms with Gasteiger partial charge in [-0.1, -0.05) is 65.6 Å². The molecule has 1 N–H and O–H groups in total. The molecule has 32 heavy (non-hydrogen) atoms. The van der Waals surface area contributed by atoms with Crippen LogP contribution in [0, 0.1) is 0 Å². The van der Waals surface area contributed by atoms with Crippen molar-refractivity contribution in [2.24, 2.45) is 0 Å². The highest BCUT2D eigenvalue weighted by Crippen LogP contribution is 2.26. The number of thioether (sulfide) groups is 1. The van der Waals surface area contributed by atoms with Gasteiger partial charge in [-0.2, -0.15) is 0 Å². The highest BCUT2D eigenvalue weighted by molar-refractivity contribution is 7.99. The van der Waals surface area contributed by atoms with Gasteiger partial charge >= 0.3 is 0 Å². The number of para-hydroxylation sites is 3. The molecule has 2 aromatic heterocycles.